The van der Waals surface area contributed by atoms with E-state index >= 15 is 0 Å². The second-order valence-electron chi connectivity index (χ2n) is 4.14. The van der Waals surface area contributed by atoms with E-state index < -0.39 is 11.9 Å². The van der Waals surface area contributed by atoms with Crippen LogP contribution in [0.5, 0.6) is 5.75 Å². The number of carboxylic acids is 1. The van der Waals surface area contributed by atoms with Crippen molar-refractivity contribution >= 4 is 11.9 Å². The van der Waals surface area contributed by atoms with Crippen molar-refractivity contribution in [3.63, 3.8) is 0 Å². The van der Waals surface area contributed by atoms with Crippen LogP contribution < -0.4 is 4.74 Å². The Balaban J connectivity index is 2.14. The molecule has 2 aromatic rings. The van der Waals surface area contributed by atoms with Crippen molar-refractivity contribution < 1.29 is 24.2 Å². The van der Waals surface area contributed by atoms with Gasteiger partial charge in [-0.15, -0.1) is 0 Å². The SMILES string of the molecule is COC(=O)c1cccc(COc2cccnc2C(=O)O)c1. The minimum Gasteiger partial charge on any atom is -0.486 e. The van der Waals surface area contributed by atoms with E-state index in [1.165, 1.54) is 19.4 Å². The van der Waals surface area contributed by atoms with Crippen LogP contribution in [0.3, 0.4) is 0 Å². The van der Waals surface area contributed by atoms with E-state index in [0.29, 0.717) is 5.56 Å². The van der Waals surface area contributed by atoms with Crippen molar-refractivity contribution in [2.45, 2.75) is 6.61 Å². The molecule has 0 aliphatic carbocycles. The molecule has 0 aliphatic heterocycles. The third-order valence-electron chi connectivity index (χ3n) is 2.72. The average molecular weight is 287 g/mol. The van der Waals surface area contributed by atoms with Gasteiger partial charge in [0, 0.05) is 6.20 Å². The first kappa shape index (κ1) is 14.5. The topological polar surface area (TPSA) is 85.7 Å². The van der Waals surface area contributed by atoms with Crippen LogP contribution in [0.1, 0.15) is 26.4 Å². The molecule has 2 rings (SSSR count). The molecule has 6 heteroatoms. The second kappa shape index (κ2) is 6.51. The summed E-state index contributed by atoms with van der Waals surface area (Å²) >= 11 is 0. The quantitative estimate of drug-likeness (QED) is 0.848. The zero-order chi connectivity index (χ0) is 15.2. The molecule has 0 aliphatic rings. The van der Waals surface area contributed by atoms with Gasteiger partial charge in [-0.3, -0.25) is 0 Å². The maximum absolute atomic E-state index is 11.4. The Morgan fingerprint density at radius 3 is 2.76 bits per heavy atom. The lowest BCUT2D eigenvalue weighted by Crippen LogP contribution is -2.06. The van der Waals surface area contributed by atoms with Gasteiger partial charge in [0.2, 0.25) is 0 Å². The highest BCUT2D eigenvalue weighted by molar-refractivity contribution is 5.89. The van der Waals surface area contributed by atoms with Gasteiger partial charge in [-0.2, -0.15) is 0 Å². The van der Waals surface area contributed by atoms with Crippen LogP contribution in [0.25, 0.3) is 0 Å². The number of hydrogen-bond acceptors (Lipinski definition) is 5. The monoisotopic (exact) mass is 287 g/mol. The number of hydrogen-bond donors (Lipinski definition) is 1. The highest BCUT2D eigenvalue weighted by Gasteiger charge is 2.12. The molecular weight excluding hydrogens is 274 g/mol. The number of aromatic nitrogens is 1. The van der Waals surface area contributed by atoms with Gasteiger partial charge in [-0.1, -0.05) is 12.1 Å². The Bertz CT molecular complexity index is 669. The maximum atomic E-state index is 11.4. The van der Waals surface area contributed by atoms with E-state index in [9.17, 15) is 9.59 Å². The van der Waals surface area contributed by atoms with Gasteiger partial charge in [0.15, 0.2) is 11.4 Å². The summed E-state index contributed by atoms with van der Waals surface area (Å²) in [5, 5.41) is 9.01. The predicted octanol–water partition coefficient (Wildman–Crippen LogP) is 2.15. The van der Waals surface area contributed by atoms with Crippen molar-refractivity contribution in [2.24, 2.45) is 0 Å². The molecular formula is C15H13NO5. The number of nitrogens with zero attached hydrogens (tertiary/aromatic N) is 1. The number of esters is 1. The third kappa shape index (κ3) is 3.56. The lowest BCUT2D eigenvalue weighted by Gasteiger charge is -2.09. The Labute approximate surface area is 121 Å². The fourth-order valence-electron chi connectivity index (χ4n) is 1.73. The van der Waals surface area contributed by atoms with E-state index in [2.05, 4.69) is 9.72 Å². The molecule has 0 saturated carbocycles. The summed E-state index contributed by atoms with van der Waals surface area (Å²) in [7, 11) is 1.31. The van der Waals surface area contributed by atoms with E-state index in [0.717, 1.165) is 5.56 Å². The average Bonchev–Trinajstić information content (AvgIpc) is 2.52. The van der Waals surface area contributed by atoms with Crippen LogP contribution in [-0.4, -0.2) is 29.1 Å². The molecule has 0 amide bonds. The highest BCUT2D eigenvalue weighted by Crippen LogP contribution is 2.17. The molecule has 0 radical (unpaired) electrons. The molecule has 0 spiro atoms. The lowest BCUT2D eigenvalue weighted by atomic mass is 10.1. The standard InChI is InChI=1S/C15H13NO5/c1-20-15(19)11-5-2-4-10(8-11)9-21-12-6-3-7-16-13(12)14(17)18/h2-8H,9H2,1H3,(H,17,18). The smallest absolute Gasteiger partial charge is 0.358 e. The molecule has 0 atom stereocenters. The number of carboxylic acid groups (broad SMARTS) is 1. The Morgan fingerprint density at radius 2 is 2.05 bits per heavy atom. The number of methoxy groups -OCH3 is 1. The van der Waals surface area contributed by atoms with Gasteiger partial charge in [-0.25, -0.2) is 14.6 Å². The Kier molecular flexibility index (Phi) is 4.50. The van der Waals surface area contributed by atoms with E-state index in [4.69, 9.17) is 9.84 Å². The van der Waals surface area contributed by atoms with Crippen LogP contribution >= 0.6 is 0 Å². The minimum atomic E-state index is -1.16. The Hall–Kier alpha value is -2.89. The van der Waals surface area contributed by atoms with Gasteiger partial charge in [0.1, 0.15) is 6.61 Å². The number of ether oxygens (including phenoxy) is 2. The number of pyridine rings is 1. The fourth-order valence-corrected chi connectivity index (χ4v) is 1.73. The number of carbonyl (C=O) groups excluding carboxylic acids is 1. The van der Waals surface area contributed by atoms with E-state index in [-0.39, 0.29) is 18.1 Å². The molecule has 1 aromatic carbocycles. The van der Waals surface area contributed by atoms with Crippen molar-refractivity contribution in [3.8, 4) is 5.75 Å². The van der Waals surface area contributed by atoms with Crippen molar-refractivity contribution in [1.29, 1.82) is 0 Å². The van der Waals surface area contributed by atoms with Crippen molar-refractivity contribution in [1.82, 2.24) is 4.98 Å². The highest BCUT2D eigenvalue weighted by atomic mass is 16.5. The first-order valence-electron chi connectivity index (χ1n) is 6.10. The number of carbonyl (C=O) groups is 2. The summed E-state index contributed by atoms with van der Waals surface area (Å²) < 4.78 is 10.1. The van der Waals surface area contributed by atoms with Crippen molar-refractivity contribution in [3.05, 3.63) is 59.4 Å². The van der Waals surface area contributed by atoms with Crippen LogP contribution in [-0.2, 0) is 11.3 Å². The summed E-state index contributed by atoms with van der Waals surface area (Å²) in [5.41, 5.74) is 0.975. The molecule has 0 bridgehead atoms. The van der Waals surface area contributed by atoms with Crippen LogP contribution in [0.4, 0.5) is 0 Å². The summed E-state index contributed by atoms with van der Waals surface area (Å²) in [6.45, 7) is 0.122. The molecule has 108 valence electrons. The van der Waals surface area contributed by atoms with Crippen LogP contribution in [0.15, 0.2) is 42.6 Å². The van der Waals surface area contributed by atoms with Crippen LogP contribution in [0.2, 0.25) is 0 Å². The van der Waals surface area contributed by atoms with Crippen LogP contribution in [0, 0.1) is 0 Å². The number of rotatable bonds is 5. The summed E-state index contributed by atoms with van der Waals surface area (Å²) in [5.74, 6) is -1.42. The van der Waals surface area contributed by atoms with Gasteiger partial charge in [0.05, 0.1) is 12.7 Å². The first-order chi connectivity index (χ1) is 10.1. The van der Waals surface area contributed by atoms with E-state index in [1.54, 1.807) is 30.3 Å². The molecule has 21 heavy (non-hydrogen) atoms. The second-order valence-corrected chi connectivity index (χ2v) is 4.14. The lowest BCUT2D eigenvalue weighted by molar-refractivity contribution is 0.0599. The molecule has 1 heterocycles. The molecule has 0 unspecified atom stereocenters. The molecule has 6 nitrogen and oxygen atoms in total. The normalized spacial score (nSPS) is 9.95. The van der Waals surface area contributed by atoms with Crippen molar-refractivity contribution in [2.75, 3.05) is 7.11 Å². The molecule has 0 fully saturated rings. The maximum Gasteiger partial charge on any atom is 0.358 e. The fraction of sp³-hybridized carbons (Fsp3) is 0.133. The summed E-state index contributed by atoms with van der Waals surface area (Å²) in [6.07, 6.45) is 1.38. The third-order valence-corrected chi connectivity index (χ3v) is 2.72. The minimum absolute atomic E-state index is 0.122. The zero-order valence-corrected chi connectivity index (χ0v) is 11.3. The summed E-state index contributed by atoms with van der Waals surface area (Å²) in [6, 6.07) is 9.84. The number of benzene rings is 1. The number of aromatic carboxylic acids is 1. The largest absolute Gasteiger partial charge is 0.486 e. The molecule has 0 saturated heterocycles. The van der Waals surface area contributed by atoms with E-state index in [1.807, 2.05) is 0 Å². The summed E-state index contributed by atoms with van der Waals surface area (Å²) in [4.78, 5) is 26.2. The first-order valence-corrected chi connectivity index (χ1v) is 6.10. The van der Waals surface area contributed by atoms with Gasteiger partial charge in [-0.05, 0) is 29.8 Å². The molecule has 1 N–H and O–H groups in total. The molecule has 1 aromatic heterocycles. The van der Waals surface area contributed by atoms with Gasteiger partial charge < -0.3 is 14.6 Å². The zero-order valence-electron chi connectivity index (χ0n) is 11.3. The predicted molar refractivity (Wildman–Crippen MR) is 73.3 cm³/mol. The van der Waals surface area contributed by atoms with Gasteiger partial charge in [0.25, 0.3) is 0 Å². The Morgan fingerprint density at radius 1 is 1.24 bits per heavy atom. The van der Waals surface area contributed by atoms with Gasteiger partial charge >= 0.3 is 11.9 Å².